The van der Waals surface area contributed by atoms with Gasteiger partial charge in [0.25, 0.3) is 0 Å². The van der Waals surface area contributed by atoms with E-state index in [1.807, 2.05) is 11.3 Å². The molecule has 1 heterocycles. The van der Waals surface area contributed by atoms with Crippen LogP contribution in [0.2, 0.25) is 0 Å². The second-order valence-corrected chi connectivity index (χ2v) is 6.55. The van der Waals surface area contributed by atoms with Crippen molar-refractivity contribution in [3.63, 3.8) is 0 Å². The van der Waals surface area contributed by atoms with Crippen LogP contribution in [0, 0.1) is 20.8 Å². The van der Waals surface area contributed by atoms with Gasteiger partial charge < -0.3 is 5.32 Å². The first-order chi connectivity index (χ1) is 9.51. The van der Waals surface area contributed by atoms with Gasteiger partial charge in [-0.15, -0.1) is 11.3 Å². The van der Waals surface area contributed by atoms with Crippen molar-refractivity contribution in [2.45, 2.75) is 47.1 Å². The maximum atomic E-state index is 4.74. The summed E-state index contributed by atoms with van der Waals surface area (Å²) >= 11 is 1.84. The minimum absolute atomic E-state index is 0.394. The Kier molecular flexibility index (Phi) is 4.95. The molecule has 0 aliphatic heterocycles. The molecule has 0 saturated heterocycles. The molecule has 0 spiro atoms. The first kappa shape index (κ1) is 15.2. The van der Waals surface area contributed by atoms with Gasteiger partial charge in [-0.3, -0.25) is 0 Å². The number of benzene rings is 1. The van der Waals surface area contributed by atoms with Crippen LogP contribution in [0.3, 0.4) is 0 Å². The molecule has 1 atom stereocenters. The summed E-state index contributed by atoms with van der Waals surface area (Å²) in [6.07, 6.45) is 0.936. The van der Waals surface area contributed by atoms with Crippen molar-refractivity contribution in [3.05, 3.63) is 50.5 Å². The molecule has 0 amide bonds. The summed E-state index contributed by atoms with van der Waals surface area (Å²) in [5.74, 6) is 0. The number of thiazole rings is 1. The standard InChI is InChI=1S/C17H24N2S/c1-6-18-13(4)17-14(5)19-16(20-17)10-15-8-7-11(2)12(3)9-15/h7-9,13,18H,6,10H2,1-5H3. The zero-order valence-corrected chi connectivity index (χ0v) is 13.9. The van der Waals surface area contributed by atoms with Crippen LogP contribution in [0.25, 0.3) is 0 Å². The first-order valence-electron chi connectivity index (χ1n) is 7.27. The molecule has 0 fully saturated rings. The highest BCUT2D eigenvalue weighted by atomic mass is 32.1. The Hall–Kier alpha value is -1.19. The fourth-order valence-electron chi connectivity index (χ4n) is 2.43. The van der Waals surface area contributed by atoms with E-state index in [9.17, 15) is 0 Å². The van der Waals surface area contributed by atoms with Gasteiger partial charge in [0.05, 0.1) is 10.7 Å². The van der Waals surface area contributed by atoms with Crippen LogP contribution in [-0.2, 0) is 6.42 Å². The molecule has 1 N–H and O–H groups in total. The number of aryl methyl sites for hydroxylation is 3. The minimum atomic E-state index is 0.394. The molecular formula is C17H24N2S. The Labute approximate surface area is 126 Å². The smallest absolute Gasteiger partial charge is 0.0975 e. The normalized spacial score (nSPS) is 12.7. The maximum Gasteiger partial charge on any atom is 0.0975 e. The van der Waals surface area contributed by atoms with E-state index in [1.165, 1.54) is 32.3 Å². The summed E-state index contributed by atoms with van der Waals surface area (Å²) < 4.78 is 0. The molecule has 2 nitrogen and oxygen atoms in total. The molecule has 0 bridgehead atoms. The van der Waals surface area contributed by atoms with Crippen LogP contribution in [0.5, 0.6) is 0 Å². The van der Waals surface area contributed by atoms with Crippen molar-refractivity contribution < 1.29 is 0 Å². The zero-order chi connectivity index (χ0) is 14.7. The highest BCUT2D eigenvalue weighted by molar-refractivity contribution is 7.11. The number of rotatable bonds is 5. The Morgan fingerprint density at radius 1 is 1.20 bits per heavy atom. The minimum Gasteiger partial charge on any atom is -0.310 e. The lowest BCUT2D eigenvalue weighted by Gasteiger charge is -2.09. The van der Waals surface area contributed by atoms with Gasteiger partial charge in [-0.05, 0) is 50.9 Å². The largest absolute Gasteiger partial charge is 0.310 e. The van der Waals surface area contributed by atoms with E-state index in [0.29, 0.717) is 6.04 Å². The van der Waals surface area contributed by atoms with Gasteiger partial charge in [-0.1, -0.05) is 25.1 Å². The molecular weight excluding hydrogens is 264 g/mol. The average molecular weight is 288 g/mol. The monoisotopic (exact) mass is 288 g/mol. The van der Waals surface area contributed by atoms with Gasteiger partial charge in [0, 0.05) is 17.3 Å². The summed E-state index contributed by atoms with van der Waals surface area (Å²) in [5, 5.41) is 4.68. The van der Waals surface area contributed by atoms with Crippen LogP contribution in [-0.4, -0.2) is 11.5 Å². The van der Waals surface area contributed by atoms with E-state index in [2.05, 4.69) is 58.1 Å². The molecule has 2 aromatic rings. The molecule has 1 unspecified atom stereocenters. The lowest BCUT2D eigenvalue weighted by molar-refractivity contribution is 0.603. The highest BCUT2D eigenvalue weighted by Crippen LogP contribution is 2.26. The maximum absolute atomic E-state index is 4.74. The van der Waals surface area contributed by atoms with Crippen molar-refractivity contribution >= 4 is 11.3 Å². The SMILES string of the molecule is CCNC(C)c1sc(Cc2ccc(C)c(C)c2)nc1C. The summed E-state index contributed by atoms with van der Waals surface area (Å²) in [7, 11) is 0. The van der Waals surface area contributed by atoms with Crippen LogP contribution in [0.15, 0.2) is 18.2 Å². The zero-order valence-electron chi connectivity index (χ0n) is 13.1. The number of nitrogens with one attached hydrogen (secondary N) is 1. The quantitative estimate of drug-likeness (QED) is 0.886. The number of hydrogen-bond acceptors (Lipinski definition) is 3. The molecule has 0 radical (unpaired) electrons. The van der Waals surface area contributed by atoms with Crippen molar-refractivity contribution in [1.29, 1.82) is 0 Å². The van der Waals surface area contributed by atoms with Crippen LogP contribution in [0.1, 0.15) is 52.2 Å². The molecule has 1 aromatic carbocycles. The fraction of sp³-hybridized carbons (Fsp3) is 0.471. The molecule has 20 heavy (non-hydrogen) atoms. The van der Waals surface area contributed by atoms with Crippen molar-refractivity contribution in [3.8, 4) is 0 Å². The summed E-state index contributed by atoms with van der Waals surface area (Å²) in [6.45, 7) is 11.8. The predicted octanol–water partition coefficient (Wildman–Crippen LogP) is 4.33. The van der Waals surface area contributed by atoms with E-state index < -0.39 is 0 Å². The summed E-state index contributed by atoms with van der Waals surface area (Å²) in [4.78, 5) is 6.11. The second kappa shape index (κ2) is 6.51. The van der Waals surface area contributed by atoms with E-state index in [4.69, 9.17) is 4.98 Å². The van der Waals surface area contributed by atoms with Crippen LogP contribution < -0.4 is 5.32 Å². The third-order valence-electron chi connectivity index (χ3n) is 3.71. The molecule has 3 heteroatoms. The van der Waals surface area contributed by atoms with Gasteiger partial charge in [-0.2, -0.15) is 0 Å². The lowest BCUT2D eigenvalue weighted by Crippen LogP contribution is -2.17. The molecule has 1 aromatic heterocycles. The number of aromatic nitrogens is 1. The first-order valence-corrected chi connectivity index (χ1v) is 8.08. The van der Waals surface area contributed by atoms with Gasteiger partial charge in [0.15, 0.2) is 0 Å². The van der Waals surface area contributed by atoms with Gasteiger partial charge in [-0.25, -0.2) is 4.98 Å². The number of hydrogen-bond donors (Lipinski definition) is 1. The van der Waals surface area contributed by atoms with Gasteiger partial charge in [0.1, 0.15) is 0 Å². The summed E-state index contributed by atoms with van der Waals surface area (Å²) in [6, 6.07) is 7.09. The Balaban J connectivity index is 2.17. The Morgan fingerprint density at radius 3 is 2.60 bits per heavy atom. The van der Waals surface area contributed by atoms with Crippen molar-refractivity contribution in [1.82, 2.24) is 10.3 Å². The van der Waals surface area contributed by atoms with Gasteiger partial charge >= 0.3 is 0 Å². The number of nitrogens with zero attached hydrogens (tertiary/aromatic N) is 1. The van der Waals surface area contributed by atoms with Crippen LogP contribution in [0.4, 0.5) is 0 Å². The third kappa shape index (κ3) is 3.47. The molecule has 2 rings (SSSR count). The Bertz CT molecular complexity index is 587. The van der Waals surface area contributed by atoms with Crippen LogP contribution >= 0.6 is 11.3 Å². The lowest BCUT2D eigenvalue weighted by atomic mass is 10.0. The fourth-order valence-corrected chi connectivity index (χ4v) is 3.56. The highest BCUT2D eigenvalue weighted by Gasteiger charge is 2.13. The van der Waals surface area contributed by atoms with Gasteiger partial charge in [0.2, 0.25) is 0 Å². The molecule has 0 aliphatic rings. The van der Waals surface area contributed by atoms with Crippen molar-refractivity contribution in [2.24, 2.45) is 0 Å². The summed E-state index contributed by atoms with van der Waals surface area (Å²) in [5.41, 5.74) is 5.23. The van der Waals surface area contributed by atoms with E-state index in [1.54, 1.807) is 0 Å². The van der Waals surface area contributed by atoms with E-state index in [0.717, 1.165) is 13.0 Å². The predicted molar refractivity (Wildman–Crippen MR) is 87.7 cm³/mol. The molecule has 0 aliphatic carbocycles. The van der Waals surface area contributed by atoms with E-state index in [-0.39, 0.29) is 0 Å². The average Bonchev–Trinajstić information content (AvgIpc) is 2.75. The Morgan fingerprint density at radius 2 is 1.95 bits per heavy atom. The molecule has 108 valence electrons. The molecule has 0 saturated carbocycles. The van der Waals surface area contributed by atoms with Crippen molar-refractivity contribution in [2.75, 3.05) is 6.54 Å². The third-order valence-corrected chi connectivity index (χ3v) is 5.05. The van der Waals surface area contributed by atoms with E-state index >= 15 is 0 Å². The second-order valence-electron chi connectivity index (χ2n) is 5.43. The topological polar surface area (TPSA) is 24.9 Å².